The molecule has 2 unspecified atom stereocenters. The van der Waals surface area contributed by atoms with Crippen LogP contribution in [0, 0.1) is 5.82 Å². The van der Waals surface area contributed by atoms with Crippen molar-refractivity contribution in [2.24, 2.45) is 0 Å². The molecule has 3 rings (SSSR count). The first-order chi connectivity index (χ1) is 6.25. The van der Waals surface area contributed by atoms with Gasteiger partial charge in [0.1, 0.15) is 5.82 Å². The largest absolute Gasteiger partial charge is 0.349 e. The molecule has 0 saturated carbocycles. The van der Waals surface area contributed by atoms with Crippen molar-refractivity contribution in [1.29, 1.82) is 0 Å². The monoisotopic (exact) mass is 177 g/mol. The van der Waals surface area contributed by atoms with Crippen molar-refractivity contribution >= 4 is 5.91 Å². The summed E-state index contributed by atoms with van der Waals surface area (Å²) in [6.07, 6.45) is 0.803. The van der Waals surface area contributed by atoms with Gasteiger partial charge in [0, 0.05) is 0 Å². The van der Waals surface area contributed by atoms with Crippen LogP contribution in [0.5, 0.6) is 0 Å². The topological polar surface area (TPSA) is 29.1 Å². The van der Waals surface area contributed by atoms with Gasteiger partial charge < -0.3 is 5.32 Å². The highest BCUT2D eigenvalue weighted by atomic mass is 19.1. The molecule has 13 heavy (non-hydrogen) atoms. The van der Waals surface area contributed by atoms with Gasteiger partial charge in [-0.2, -0.15) is 0 Å². The molecule has 0 radical (unpaired) electrons. The maximum atomic E-state index is 12.9. The summed E-state index contributed by atoms with van der Waals surface area (Å²) in [7, 11) is 0. The van der Waals surface area contributed by atoms with Crippen molar-refractivity contribution in [3.8, 4) is 0 Å². The van der Waals surface area contributed by atoms with Crippen molar-refractivity contribution in [2.75, 3.05) is 0 Å². The summed E-state index contributed by atoms with van der Waals surface area (Å²) >= 11 is 0. The SMILES string of the molecule is O=C1NC2CC1c1ccc(F)cc12. The van der Waals surface area contributed by atoms with Crippen molar-refractivity contribution in [3.05, 3.63) is 35.1 Å². The Morgan fingerprint density at radius 1 is 1.38 bits per heavy atom. The quantitative estimate of drug-likeness (QED) is 0.639. The molecule has 1 aliphatic heterocycles. The Hall–Kier alpha value is -1.38. The second-order valence-corrected chi connectivity index (χ2v) is 3.62. The van der Waals surface area contributed by atoms with E-state index < -0.39 is 0 Å². The van der Waals surface area contributed by atoms with Crippen molar-refractivity contribution in [1.82, 2.24) is 5.32 Å². The van der Waals surface area contributed by atoms with E-state index in [-0.39, 0.29) is 23.7 Å². The fourth-order valence-corrected chi connectivity index (χ4v) is 2.31. The first kappa shape index (κ1) is 7.06. The van der Waals surface area contributed by atoms with Crippen LogP contribution in [0.4, 0.5) is 4.39 Å². The zero-order valence-corrected chi connectivity index (χ0v) is 6.88. The number of benzene rings is 1. The first-order valence-electron chi connectivity index (χ1n) is 4.35. The van der Waals surface area contributed by atoms with Gasteiger partial charge in [-0.25, -0.2) is 4.39 Å². The Bertz CT molecular complexity index is 402. The summed E-state index contributed by atoms with van der Waals surface area (Å²) < 4.78 is 12.9. The van der Waals surface area contributed by atoms with Crippen molar-refractivity contribution in [2.45, 2.75) is 18.4 Å². The molecular weight excluding hydrogens is 169 g/mol. The minimum absolute atomic E-state index is 0.0272. The molecule has 3 heteroatoms. The molecule has 2 aliphatic rings. The Morgan fingerprint density at radius 3 is 3.08 bits per heavy atom. The van der Waals surface area contributed by atoms with E-state index in [0.717, 1.165) is 17.5 Å². The van der Waals surface area contributed by atoms with E-state index in [9.17, 15) is 9.18 Å². The summed E-state index contributed by atoms with van der Waals surface area (Å²) in [6.45, 7) is 0. The molecule has 2 nitrogen and oxygen atoms in total. The summed E-state index contributed by atoms with van der Waals surface area (Å²) in [5.74, 6) is -0.162. The molecule has 1 saturated heterocycles. The van der Waals surface area contributed by atoms with Gasteiger partial charge in [-0.3, -0.25) is 4.79 Å². The van der Waals surface area contributed by atoms with Crippen LogP contribution in [-0.4, -0.2) is 5.91 Å². The van der Waals surface area contributed by atoms with Crippen LogP contribution in [0.1, 0.15) is 29.5 Å². The molecule has 0 spiro atoms. The highest BCUT2D eigenvalue weighted by Crippen LogP contribution is 2.45. The molecule has 2 bridgehead atoms. The number of fused-ring (bicyclic) bond motifs is 5. The van der Waals surface area contributed by atoms with Crippen molar-refractivity contribution in [3.63, 3.8) is 0 Å². The third-order valence-electron chi connectivity index (χ3n) is 2.90. The third-order valence-corrected chi connectivity index (χ3v) is 2.90. The number of carbonyl (C=O) groups is 1. The van der Waals surface area contributed by atoms with E-state index in [1.54, 1.807) is 6.07 Å². The van der Waals surface area contributed by atoms with E-state index in [1.165, 1.54) is 12.1 Å². The lowest BCUT2D eigenvalue weighted by Gasteiger charge is -2.15. The van der Waals surface area contributed by atoms with E-state index >= 15 is 0 Å². The van der Waals surface area contributed by atoms with E-state index in [0.29, 0.717) is 0 Å². The summed E-state index contributed by atoms with van der Waals surface area (Å²) in [5.41, 5.74) is 1.97. The molecular formula is C10H8FNO. The Kier molecular flexibility index (Phi) is 1.14. The minimum Gasteiger partial charge on any atom is -0.349 e. The zero-order valence-electron chi connectivity index (χ0n) is 6.88. The van der Waals surface area contributed by atoms with Crippen LogP contribution in [-0.2, 0) is 4.79 Å². The fraction of sp³-hybridized carbons (Fsp3) is 0.300. The van der Waals surface area contributed by atoms with Gasteiger partial charge in [0.15, 0.2) is 0 Å². The minimum atomic E-state index is -0.222. The number of amides is 1. The Balaban J connectivity index is 2.21. The highest BCUT2D eigenvalue weighted by molar-refractivity contribution is 5.89. The molecule has 1 aliphatic carbocycles. The van der Waals surface area contributed by atoms with Crippen LogP contribution in [0.25, 0.3) is 0 Å². The van der Waals surface area contributed by atoms with Gasteiger partial charge in [-0.15, -0.1) is 0 Å². The lowest BCUT2D eigenvalue weighted by atomic mass is 10.00. The fourth-order valence-electron chi connectivity index (χ4n) is 2.31. The highest BCUT2D eigenvalue weighted by Gasteiger charge is 2.42. The normalized spacial score (nSPS) is 28.8. The predicted molar refractivity (Wildman–Crippen MR) is 44.6 cm³/mol. The Morgan fingerprint density at radius 2 is 2.23 bits per heavy atom. The summed E-state index contributed by atoms with van der Waals surface area (Å²) in [6, 6.07) is 4.74. The number of hydrogen-bond donors (Lipinski definition) is 1. The molecule has 66 valence electrons. The van der Waals surface area contributed by atoms with Crippen LogP contribution >= 0.6 is 0 Å². The van der Waals surface area contributed by atoms with Crippen LogP contribution in [0.15, 0.2) is 18.2 Å². The van der Waals surface area contributed by atoms with E-state index in [2.05, 4.69) is 5.32 Å². The molecule has 1 aromatic carbocycles. The smallest absolute Gasteiger partial charge is 0.228 e. The van der Waals surface area contributed by atoms with Gasteiger partial charge in [-0.1, -0.05) is 6.07 Å². The standard InChI is InChI=1S/C10H8FNO/c11-5-1-2-6-7(3-5)9-4-8(6)10(13)12-9/h1-3,8-9H,4H2,(H,12,13). The maximum absolute atomic E-state index is 12.9. The zero-order chi connectivity index (χ0) is 9.00. The predicted octanol–water partition coefficient (Wildman–Crippen LogP) is 1.48. The van der Waals surface area contributed by atoms with Gasteiger partial charge in [0.25, 0.3) is 0 Å². The molecule has 2 atom stereocenters. The number of rotatable bonds is 0. The number of halogens is 1. The maximum Gasteiger partial charge on any atom is 0.228 e. The third kappa shape index (κ3) is 0.789. The lowest BCUT2D eigenvalue weighted by Crippen LogP contribution is -2.26. The van der Waals surface area contributed by atoms with Gasteiger partial charge in [-0.05, 0) is 29.7 Å². The lowest BCUT2D eigenvalue weighted by molar-refractivity contribution is -0.120. The molecule has 1 heterocycles. The number of hydrogen-bond acceptors (Lipinski definition) is 1. The van der Waals surface area contributed by atoms with Gasteiger partial charge >= 0.3 is 0 Å². The molecule has 1 N–H and O–H groups in total. The average molecular weight is 177 g/mol. The van der Waals surface area contributed by atoms with E-state index in [4.69, 9.17) is 0 Å². The molecule has 1 aromatic rings. The molecule has 0 aromatic heterocycles. The number of nitrogens with one attached hydrogen (secondary N) is 1. The second-order valence-electron chi connectivity index (χ2n) is 3.62. The summed E-state index contributed by atoms with van der Waals surface area (Å²) in [5, 5.41) is 2.83. The first-order valence-corrected chi connectivity index (χ1v) is 4.35. The summed E-state index contributed by atoms with van der Waals surface area (Å²) in [4.78, 5) is 11.3. The van der Waals surface area contributed by atoms with Crippen LogP contribution in [0.3, 0.4) is 0 Å². The van der Waals surface area contributed by atoms with Gasteiger partial charge in [0.05, 0.1) is 12.0 Å². The average Bonchev–Trinajstić information content (AvgIpc) is 2.61. The molecule has 1 amide bonds. The van der Waals surface area contributed by atoms with Crippen molar-refractivity contribution < 1.29 is 9.18 Å². The van der Waals surface area contributed by atoms with Crippen LogP contribution < -0.4 is 5.32 Å². The Labute approximate surface area is 74.8 Å². The van der Waals surface area contributed by atoms with Gasteiger partial charge in [0.2, 0.25) is 5.91 Å². The van der Waals surface area contributed by atoms with E-state index in [1.807, 2.05) is 0 Å². The van der Waals surface area contributed by atoms with Crippen LogP contribution in [0.2, 0.25) is 0 Å². The number of carbonyl (C=O) groups excluding carboxylic acids is 1. The second kappa shape index (κ2) is 2.10. The molecule has 1 fully saturated rings.